The zero-order chi connectivity index (χ0) is 17.6. The summed E-state index contributed by atoms with van der Waals surface area (Å²) in [5, 5.41) is 15.2. The van der Waals surface area contributed by atoms with Crippen molar-refractivity contribution in [2.24, 2.45) is 0 Å². The van der Waals surface area contributed by atoms with Gasteiger partial charge in [-0.25, -0.2) is 0 Å². The van der Waals surface area contributed by atoms with Crippen LogP contribution in [0.25, 0.3) is 5.69 Å². The Labute approximate surface area is 163 Å². The van der Waals surface area contributed by atoms with Gasteiger partial charge in [0.2, 0.25) is 11.1 Å². The Balaban J connectivity index is 1.65. The standard InChI is InChI=1S/C17H16IN5OS/c1-2-12-7-9-13(10-8-12)23-17(20-21-22-23)25-11-16(24)19-15-6-4-3-5-14(15)18/h3-10H,2,11H2,1H3,(H,19,24). The Bertz CT molecular complexity index is 865. The number of benzene rings is 2. The van der Waals surface area contributed by atoms with Crippen molar-refractivity contribution in [1.82, 2.24) is 20.2 Å². The molecule has 1 heterocycles. The van der Waals surface area contributed by atoms with Crippen molar-refractivity contribution >= 4 is 45.9 Å². The first-order valence-electron chi connectivity index (χ1n) is 7.72. The maximum absolute atomic E-state index is 12.2. The Morgan fingerprint density at radius 3 is 2.68 bits per heavy atom. The number of thioether (sulfide) groups is 1. The highest BCUT2D eigenvalue weighted by Gasteiger charge is 2.12. The molecule has 0 saturated heterocycles. The molecular formula is C17H16IN5OS. The van der Waals surface area contributed by atoms with E-state index in [0.717, 1.165) is 21.4 Å². The zero-order valence-electron chi connectivity index (χ0n) is 13.5. The molecule has 0 atom stereocenters. The number of aryl methyl sites for hydroxylation is 1. The summed E-state index contributed by atoms with van der Waals surface area (Å²) in [6.45, 7) is 2.11. The maximum Gasteiger partial charge on any atom is 0.234 e. The molecule has 1 aromatic heterocycles. The van der Waals surface area contributed by atoms with Crippen LogP contribution in [0.15, 0.2) is 53.7 Å². The van der Waals surface area contributed by atoms with Gasteiger partial charge in [-0.3, -0.25) is 4.79 Å². The van der Waals surface area contributed by atoms with Crippen LogP contribution in [0.1, 0.15) is 12.5 Å². The summed E-state index contributed by atoms with van der Waals surface area (Å²) in [5.41, 5.74) is 2.94. The predicted molar refractivity (Wildman–Crippen MR) is 107 cm³/mol. The van der Waals surface area contributed by atoms with E-state index in [9.17, 15) is 4.79 Å². The average molecular weight is 465 g/mol. The van der Waals surface area contributed by atoms with Crippen LogP contribution >= 0.6 is 34.4 Å². The van der Waals surface area contributed by atoms with Gasteiger partial charge in [0.05, 0.1) is 17.1 Å². The molecule has 2 aromatic carbocycles. The molecule has 1 amide bonds. The second-order valence-corrected chi connectivity index (χ2v) is 7.31. The number of tetrazole rings is 1. The molecule has 8 heteroatoms. The minimum Gasteiger partial charge on any atom is -0.324 e. The molecule has 0 radical (unpaired) electrons. The fourth-order valence-electron chi connectivity index (χ4n) is 2.18. The smallest absolute Gasteiger partial charge is 0.234 e. The number of rotatable bonds is 6. The van der Waals surface area contributed by atoms with E-state index in [1.807, 2.05) is 36.4 Å². The number of carbonyl (C=O) groups is 1. The fraction of sp³-hybridized carbons (Fsp3) is 0.176. The van der Waals surface area contributed by atoms with Crippen LogP contribution in [0.5, 0.6) is 0 Å². The third kappa shape index (κ3) is 4.57. The van der Waals surface area contributed by atoms with E-state index < -0.39 is 0 Å². The van der Waals surface area contributed by atoms with Gasteiger partial charge < -0.3 is 5.32 Å². The topological polar surface area (TPSA) is 72.7 Å². The minimum atomic E-state index is -0.0926. The molecule has 1 N–H and O–H groups in total. The van der Waals surface area contributed by atoms with Crippen molar-refractivity contribution in [3.05, 3.63) is 57.7 Å². The summed E-state index contributed by atoms with van der Waals surface area (Å²) in [6, 6.07) is 15.7. The normalized spacial score (nSPS) is 10.6. The summed E-state index contributed by atoms with van der Waals surface area (Å²) in [4.78, 5) is 12.2. The molecule has 0 bridgehead atoms. The van der Waals surface area contributed by atoms with Gasteiger partial charge in [-0.2, -0.15) is 4.68 Å². The zero-order valence-corrected chi connectivity index (χ0v) is 16.5. The van der Waals surface area contributed by atoms with Crippen LogP contribution in [-0.2, 0) is 11.2 Å². The largest absolute Gasteiger partial charge is 0.324 e. The number of halogens is 1. The maximum atomic E-state index is 12.2. The second kappa shape index (κ2) is 8.43. The van der Waals surface area contributed by atoms with Crippen LogP contribution in [0.3, 0.4) is 0 Å². The van der Waals surface area contributed by atoms with Crippen LogP contribution in [0, 0.1) is 3.57 Å². The molecule has 3 aromatic rings. The number of anilines is 1. The van der Waals surface area contributed by atoms with E-state index in [-0.39, 0.29) is 11.7 Å². The predicted octanol–water partition coefficient (Wildman–Crippen LogP) is 3.56. The van der Waals surface area contributed by atoms with Gasteiger partial charge in [0.1, 0.15) is 0 Å². The van der Waals surface area contributed by atoms with Gasteiger partial charge in [0.25, 0.3) is 0 Å². The lowest BCUT2D eigenvalue weighted by Crippen LogP contribution is -2.15. The van der Waals surface area contributed by atoms with Crippen molar-refractivity contribution < 1.29 is 4.79 Å². The van der Waals surface area contributed by atoms with E-state index in [2.05, 4.69) is 62.5 Å². The molecule has 0 aliphatic carbocycles. The quantitative estimate of drug-likeness (QED) is 0.445. The molecule has 0 aliphatic rings. The molecule has 128 valence electrons. The number of carbonyl (C=O) groups excluding carboxylic acids is 1. The minimum absolute atomic E-state index is 0.0926. The molecule has 0 unspecified atom stereocenters. The highest BCUT2D eigenvalue weighted by atomic mass is 127. The number of nitrogens with zero attached hydrogens (tertiary/aromatic N) is 4. The van der Waals surface area contributed by atoms with E-state index >= 15 is 0 Å². The molecule has 0 aliphatic heterocycles. The van der Waals surface area contributed by atoms with E-state index in [4.69, 9.17) is 0 Å². The number of aromatic nitrogens is 4. The molecule has 3 rings (SSSR count). The number of hydrogen-bond acceptors (Lipinski definition) is 5. The lowest BCUT2D eigenvalue weighted by atomic mass is 10.1. The molecule has 6 nitrogen and oxygen atoms in total. The van der Waals surface area contributed by atoms with Crippen molar-refractivity contribution in [3.63, 3.8) is 0 Å². The van der Waals surface area contributed by atoms with Gasteiger partial charge >= 0.3 is 0 Å². The van der Waals surface area contributed by atoms with E-state index in [1.165, 1.54) is 17.3 Å². The Morgan fingerprint density at radius 2 is 1.96 bits per heavy atom. The number of para-hydroxylation sites is 1. The molecular weight excluding hydrogens is 449 g/mol. The first-order valence-corrected chi connectivity index (χ1v) is 9.78. The summed E-state index contributed by atoms with van der Waals surface area (Å²) in [5.74, 6) is 0.142. The van der Waals surface area contributed by atoms with Crippen molar-refractivity contribution in [2.45, 2.75) is 18.5 Å². The van der Waals surface area contributed by atoms with Gasteiger partial charge in [0.15, 0.2) is 0 Å². The summed E-state index contributed by atoms with van der Waals surface area (Å²) in [7, 11) is 0. The molecule has 0 fully saturated rings. The van der Waals surface area contributed by atoms with Gasteiger partial charge in [-0.05, 0) is 69.3 Å². The van der Waals surface area contributed by atoms with Crippen molar-refractivity contribution in [1.29, 1.82) is 0 Å². The second-order valence-electron chi connectivity index (χ2n) is 5.21. The lowest BCUT2D eigenvalue weighted by molar-refractivity contribution is -0.113. The Morgan fingerprint density at radius 1 is 1.20 bits per heavy atom. The number of hydrogen-bond donors (Lipinski definition) is 1. The SMILES string of the molecule is CCc1ccc(-n2nnnc2SCC(=O)Nc2ccccc2I)cc1. The Hall–Kier alpha value is -1.94. The summed E-state index contributed by atoms with van der Waals surface area (Å²) >= 11 is 3.50. The van der Waals surface area contributed by atoms with Gasteiger partial charge in [-0.1, -0.05) is 43.0 Å². The van der Waals surface area contributed by atoms with Crippen molar-refractivity contribution in [3.8, 4) is 5.69 Å². The average Bonchev–Trinajstić information content (AvgIpc) is 3.10. The monoisotopic (exact) mass is 465 g/mol. The van der Waals surface area contributed by atoms with Crippen LogP contribution < -0.4 is 5.32 Å². The van der Waals surface area contributed by atoms with E-state index in [1.54, 1.807) is 4.68 Å². The van der Waals surface area contributed by atoms with Crippen molar-refractivity contribution in [2.75, 3.05) is 11.1 Å². The third-order valence-electron chi connectivity index (χ3n) is 3.51. The lowest BCUT2D eigenvalue weighted by Gasteiger charge is -2.07. The Kier molecular flexibility index (Phi) is 6.03. The molecule has 0 spiro atoms. The summed E-state index contributed by atoms with van der Waals surface area (Å²) < 4.78 is 2.64. The number of nitrogens with one attached hydrogen (secondary N) is 1. The molecule has 0 saturated carbocycles. The van der Waals surface area contributed by atoms with Crippen LogP contribution in [-0.4, -0.2) is 31.9 Å². The van der Waals surface area contributed by atoms with Crippen LogP contribution in [0.2, 0.25) is 0 Å². The fourth-order valence-corrected chi connectivity index (χ4v) is 3.40. The first kappa shape index (κ1) is 17.9. The first-order chi connectivity index (χ1) is 12.2. The summed E-state index contributed by atoms with van der Waals surface area (Å²) in [6.07, 6.45) is 0.982. The molecule has 25 heavy (non-hydrogen) atoms. The highest BCUT2D eigenvalue weighted by Crippen LogP contribution is 2.20. The van der Waals surface area contributed by atoms with E-state index in [0.29, 0.717) is 5.16 Å². The number of amides is 1. The van der Waals surface area contributed by atoms with Gasteiger partial charge in [0, 0.05) is 3.57 Å². The third-order valence-corrected chi connectivity index (χ3v) is 5.37. The van der Waals surface area contributed by atoms with Gasteiger partial charge in [-0.15, -0.1) is 5.10 Å². The van der Waals surface area contributed by atoms with Crippen LogP contribution in [0.4, 0.5) is 5.69 Å². The highest BCUT2D eigenvalue weighted by molar-refractivity contribution is 14.1.